The molecule has 0 aliphatic carbocycles. The molecule has 102 valence electrons. The first-order valence-electron chi connectivity index (χ1n) is 5.73. The van der Waals surface area contributed by atoms with Gasteiger partial charge in [0.1, 0.15) is 10.8 Å². The number of aromatic nitrogens is 1. The summed E-state index contributed by atoms with van der Waals surface area (Å²) < 4.78 is 5.34. The van der Waals surface area contributed by atoms with E-state index in [9.17, 15) is 0 Å². The molecule has 0 spiro atoms. The number of hydrogen-bond acceptors (Lipinski definition) is 4. The fourth-order valence-corrected chi connectivity index (χ4v) is 3.15. The van der Waals surface area contributed by atoms with Gasteiger partial charge in [-0.2, -0.15) is 0 Å². The molecule has 0 radical (unpaired) electrons. The minimum absolute atomic E-state index is 0.208. The molecule has 1 unspecified atom stereocenters. The molecule has 0 fully saturated rings. The lowest BCUT2D eigenvalue weighted by Gasteiger charge is -2.09. The van der Waals surface area contributed by atoms with Gasteiger partial charge in [-0.15, -0.1) is 11.3 Å². The molecule has 1 aromatic heterocycles. The zero-order valence-electron chi connectivity index (χ0n) is 10.8. The Hall–Kier alpha value is -0.810. The fraction of sp³-hybridized carbons (Fsp3) is 0.308. The molecule has 1 N–H and O–H groups in total. The van der Waals surface area contributed by atoms with Crippen LogP contribution < -0.4 is 10.1 Å². The van der Waals surface area contributed by atoms with Crippen molar-refractivity contribution in [1.29, 1.82) is 0 Å². The molecule has 1 atom stereocenters. The van der Waals surface area contributed by atoms with Gasteiger partial charge in [-0.25, -0.2) is 4.98 Å². The van der Waals surface area contributed by atoms with Crippen molar-refractivity contribution in [3.63, 3.8) is 0 Å². The second-order valence-corrected chi connectivity index (χ2v) is 5.78. The van der Waals surface area contributed by atoms with E-state index in [1.807, 2.05) is 18.5 Å². The van der Waals surface area contributed by atoms with Crippen LogP contribution in [0, 0.1) is 0 Å². The number of nitrogens with one attached hydrogen (secondary N) is 1. The third-order valence-corrected chi connectivity index (χ3v) is 4.34. The Bertz CT molecular complexity index is 586. The van der Waals surface area contributed by atoms with Crippen molar-refractivity contribution in [2.24, 2.45) is 0 Å². The summed E-state index contributed by atoms with van der Waals surface area (Å²) in [6.07, 6.45) is 0. The van der Waals surface area contributed by atoms with Gasteiger partial charge in [-0.3, -0.25) is 0 Å². The maximum Gasteiger partial charge on any atom is 0.146 e. The number of ether oxygens (including phenoxy) is 1. The zero-order valence-corrected chi connectivity index (χ0v) is 13.2. The largest absolute Gasteiger partial charge is 0.494 e. The van der Waals surface area contributed by atoms with Crippen molar-refractivity contribution < 1.29 is 4.74 Å². The van der Waals surface area contributed by atoms with Crippen LogP contribution in [0.2, 0.25) is 10.0 Å². The summed E-state index contributed by atoms with van der Waals surface area (Å²) in [5.74, 6) is 0.597. The van der Waals surface area contributed by atoms with Crippen LogP contribution in [0.3, 0.4) is 0 Å². The maximum atomic E-state index is 6.14. The van der Waals surface area contributed by atoms with E-state index in [-0.39, 0.29) is 6.04 Å². The lowest BCUT2D eigenvalue weighted by atomic mass is 10.1. The highest BCUT2D eigenvalue weighted by molar-refractivity contribution is 7.10. The summed E-state index contributed by atoms with van der Waals surface area (Å²) in [5, 5.41) is 7.21. The average molecular weight is 317 g/mol. The van der Waals surface area contributed by atoms with Gasteiger partial charge in [0.2, 0.25) is 0 Å². The predicted octanol–water partition coefficient (Wildman–Crippen LogP) is 4.41. The van der Waals surface area contributed by atoms with Gasteiger partial charge < -0.3 is 10.1 Å². The monoisotopic (exact) mass is 316 g/mol. The van der Waals surface area contributed by atoms with Gasteiger partial charge in [-0.05, 0) is 26.1 Å². The van der Waals surface area contributed by atoms with Crippen LogP contribution in [0.5, 0.6) is 5.75 Å². The molecule has 0 aliphatic heterocycles. The Labute approximate surface area is 126 Å². The van der Waals surface area contributed by atoms with E-state index >= 15 is 0 Å². The first-order chi connectivity index (χ1) is 9.06. The number of halogens is 2. The second-order valence-electron chi connectivity index (χ2n) is 4.05. The Morgan fingerprint density at radius 1 is 1.37 bits per heavy atom. The van der Waals surface area contributed by atoms with Crippen LogP contribution in [-0.2, 0) is 0 Å². The number of hydrogen-bond donors (Lipinski definition) is 1. The number of methoxy groups -OCH3 is 1. The van der Waals surface area contributed by atoms with Crippen molar-refractivity contribution in [3.8, 4) is 17.0 Å². The third kappa shape index (κ3) is 3.03. The lowest BCUT2D eigenvalue weighted by molar-refractivity contribution is 0.416. The topological polar surface area (TPSA) is 34.2 Å². The number of nitrogens with zero attached hydrogens (tertiary/aromatic N) is 1. The van der Waals surface area contributed by atoms with Crippen LogP contribution in [0.15, 0.2) is 17.5 Å². The van der Waals surface area contributed by atoms with E-state index in [2.05, 4.69) is 17.2 Å². The third-order valence-electron chi connectivity index (χ3n) is 2.81. The minimum atomic E-state index is 0.208. The second kappa shape index (κ2) is 6.09. The summed E-state index contributed by atoms with van der Waals surface area (Å²) in [6.45, 7) is 2.06. The highest BCUT2D eigenvalue weighted by Gasteiger charge is 2.16. The molecule has 19 heavy (non-hydrogen) atoms. The molecule has 0 saturated heterocycles. The van der Waals surface area contributed by atoms with Crippen LogP contribution in [0.4, 0.5) is 0 Å². The van der Waals surface area contributed by atoms with Crippen molar-refractivity contribution in [1.82, 2.24) is 10.3 Å². The van der Waals surface area contributed by atoms with Gasteiger partial charge >= 0.3 is 0 Å². The molecule has 0 bridgehead atoms. The predicted molar refractivity (Wildman–Crippen MR) is 81.6 cm³/mol. The highest BCUT2D eigenvalue weighted by atomic mass is 35.5. The summed E-state index contributed by atoms with van der Waals surface area (Å²) in [4.78, 5) is 4.60. The number of thiazole rings is 1. The first kappa shape index (κ1) is 14.6. The first-order valence-corrected chi connectivity index (χ1v) is 7.36. The molecule has 1 heterocycles. The molecule has 6 heteroatoms. The van der Waals surface area contributed by atoms with Gasteiger partial charge in [-0.1, -0.05) is 23.2 Å². The fourth-order valence-electron chi connectivity index (χ4n) is 1.69. The van der Waals surface area contributed by atoms with Gasteiger partial charge in [0, 0.05) is 16.0 Å². The summed E-state index contributed by atoms with van der Waals surface area (Å²) in [5.41, 5.74) is 1.63. The Kier molecular flexibility index (Phi) is 4.68. The van der Waals surface area contributed by atoms with E-state index in [0.717, 1.165) is 16.3 Å². The van der Waals surface area contributed by atoms with Crippen molar-refractivity contribution in [3.05, 3.63) is 32.6 Å². The maximum absolute atomic E-state index is 6.14. The highest BCUT2D eigenvalue weighted by Crippen LogP contribution is 2.39. The molecule has 0 saturated carbocycles. The molecule has 1 aromatic carbocycles. The zero-order chi connectivity index (χ0) is 14.0. The molecule has 2 rings (SSSR count). The van der Waals surface area contributed by atoms with Gasteiger partial charge in [0.05, 0.1) is 23.9 Å². The van der Waals surface area contributed by atoms with E-state index in [4.69, 9.17) is 27.9 Å². The van der Waals surface area contributed by atoms with Crippen LogP contribution >= 0.6 is 34.5 Å². The van der Waals surface area contributed by atoms with E-state index in [0.29, 0.717) is 15.8 Å². The van der Waals surface area contributed by atoms with Crippen molar-refractivity contribution in [2.75, 3.05) is 14.2 Å². The molecular formula is C13H14Cl2N2OS. The standard InChI is InChI=1S/C13H14Cl2N2OS/c1-7(16-2)13-17-11(6-19-13)9-4-8(14)5-10(15)12(9)18-3/h4-7,16H,1-3H3. The summed E-state index contributed by atoms with van der Waals surface area (Å²) in [6, 6.07) is 3.68. The SMILES string of the molecule is CNC(C)c1nc(-c2cc(Cl)cc(Cl)c2OC)cs1. The summed E-state index contributed by atoms with van der Waals surface area (Å²) in [7, 11) is 3.49. The normalized spacial score (nSPS) is 12.5. The lowest BCUT2D eigenvalue weighted by Crippen LogP contribution is -2.11. The molecular weight excluding hydrogens is 303 g/mol. The Morgan fingerprint density at radius 3 is 2.74 bits per heavy atom. The van der Waals surface area contributed by atoms with Crippen LogP contribution in [0.1, 0.15) is 18.0 Å². The van der Waals surface area contributed by atoms with E-state index in [1.165, 1.54) is 0 Å². The average Bonchev–Trinajstić information content (AvgIpc) is 2.86. The van der Waals surface area contributed by atoms with E-state index in [1.54, 1.807) is 24.5 Å². The molecule has 3 nitrogen and oxygen atoms in total. The van der Waals surface area contributed by atoms with Gasteiger partial charge in [0.15, 0.2) is 0 Å². The Morgan fingerprint density at radius 2 is 2.11 bits per heavy atom. The summed E-state index contributed by atoms with van der Waals surface area (Å²) >= 11 is 13.8. The number of rotatable bonds is 4. The van der Waals surface area contributed by atoms with Crippen LogP contribution in [-0.4, -0.2) is 19.1 Å². The quantitative estimate of drug-likeness (QED) is 0.907. The minimum Gasteiger partial charge on any atom is -0.494 e. The van der Waals surface area contributed by atoms with Crippen molar-refractivity contribution >= 4 is 34.5 Å². The Balaban J connectivity index is 2.49. The van der Waals surface area contributed by atoms with E-state index < -0.39 is 0 Å². The molecule has 0 aliphatic rings. The van der Waals surface area contributed by atoms with Crippen molar-refractivity contribution in [2.45, 2.75) is 13.0 Å². The molecule has 2 aromatic rings. The number of benzene rings is 1. The van der Waals surface area contributed by atoms with Gasteiger partial charge in [0.25, 0.3) is 0 Å². The molecule has 0 amide bonds. The van der Waals surface area contributed by atoms with Crippen LogP contribution in [0.25, 0.3) is 11.3 Å². The smallest absolute Gasteiger partial charge is 0.146 e.